The third kappa shape index (κ3) is 4.87. The summed E-state index contributed by atoms with van der Waals surface area (Å²) in [5.41, 5.74) is 2.22. The number of anilines is 1. The van der Waals surface area contributed by atoms with E-state index in [0.29, 0.717) is 10.7 Å². The second kappa shape index (κ2) is 7.68. The summed E-state index contributed by atoms with van der Waals surface area (Å²) in [6.07, 6.45) is -0.807. The van der Waals surface area contributed by atoms with Crippen molar-refractivity contribution in [2.45, 2.75) is 27.7 Å². The van der Waals surface area contributed by atoms with Crippen LogP contribution >= 0.6 is 11.6 Å². The van der Waals surface area contributed by atoms with Crippen LogP contribution in [0.5, 0.6) is 0 Å². The molecule has 0 aromatic heterocycles. The van der Waals surface area contributed by atoms with Crippen LogP contribution in [0.25, 0.3) is 0 Å². The molecule has 0 saturated heterocycles. The predicted octanol–water partition coefficient (Wildman–Crippen LogP) is 3.69. The van der Waals surface area contributed by atoms with E-state index in [9.17, 15) is 9.59 Å². The van der Waals surface area contributed by atoms with Gasteiger partial charge in [0.25, 0.3) is 0 Å². The van der Waals surface area contributed by atoms with Crippen LogP contribution in [-0.4, -0.2) is 12.6 Å². The lowest BCUT2D eigenvalue weighted by molar-refractivity contribution is -0.122. The Morgan fingerprint density at radius 3 is 2.18 bits per heavy atom. The lowest BCUT2D eigenvalue weighted by Gasteiger charge is -2.10. The lowest BCUT2D eigenvalue weighted by atomic mass is 10.1. The maximum atomic E-state index is 11.0. The van der Waals surface area contributed by atoms with Crippen molar-refractivity contribution in [3.8, 4) is 0 Å². The Hall–Kier alpha value is -1.55. The molecule has 4 nitrogen and oxygen atoms in total. The Labute approximate surface area is 106 Å². The van der Waals surface area contributed by atoms with Crippen LogP contribution in [0.15, 0.2) is 12.1 Å². The lowest BCUT2D eigenvalue weighted by Crippen LogP contribution is -2.14. The van der Waals surface area contributed by atoms with Crippen LogP contribution in [0.2, 0.25) is 5.02 Å². The highest BCUT2D eigenvalue weighted by Gasteiger charge is 2.08. The van der Waals surface area contributed by atoms with E-state index in [1.54, 1.807) is 26.0 Å². The Morgan fingerprint density at radius 2 is 1.76 bits per heavy atom. The van der Waals surface area contributed by atoms with Crippen molar-refractivity contribution in [1.29, 1.82) is 0 Å². The molecule has 1 aromatic rings. The van der Waals surface area contributed by atoms with Crippen LogP contribution in [0.3, 0.4) is 0 Å². The van der Waals surface area contributed by atoms with Crippen LogP contribution < -0.4 is 5.32 Å². The number of carbonyl (C=O) groups excluding carboxylic acids is 2. The van der Waals surface area contributed by atoms with Crippen molar-refractivity contribution >= 4 is 29.9 Å². The highest BCUT2D eigenvalue weighted by Crippen LogP contribution is 2.24. The van der Waals surface area contributed by atoms with Crippen molar-refractivity contribution in [3.63, 3.8) is 0 Å². The standard InChI is InChI=1S/C10H10ClNO3.C2H6/c1-6-3-8(11)4-7(2)9(6)12-10(14)15-5-13;1-2/h3-5H,1-2H3,(H,12,14);1-2H3. The van der Waals surface area contributed by atoms with Gasteiger partial charge in [0, 0.05) is 10.7 Å². The first-order chi connectivity index (χ1) is 8.04. The van der Waals surface area contributed by atoms with Crippen molar-refractivity contribution in [2.24, 2.45) is 0 Å². The van der Waals surface area contributed by atoms with Crippen molar-refractivity contribution < 1.29 is 14.3 Å². The van der Waals surface area contributed by atoms with E-state index < -0.39 is 6.09 Å². The summed E-state index contributed by atoms with van der Waals surface area (Å²) >= 11 is 5.82. The van der Waals surface area contributed by atoms with E-state index in [0.717, 1.165) is 11.1 Å². The van der Waals surface area contributed by atoms with Gasteiger partial charge in [-0.1, -0.05) is 25.4 Å². The van der Waals surface area contributed by atoms with Crippen LogP contribution in [0.1, 0.15) is 25.0 Å². The molecular formula is C12H16ClNO3. The topological polar surface area (TPSA) is 55.4 Å². The van der Waals surface area contributed by atoms with E-state index >= 15 is 0 Å². The molecule has 5 heteroatoms. The first kappa shape index (κ1) is 15.4. The molecule has 17 heavy (non-hydrogen) atoms. The number of benzene rings is 1. The Balaban J connectivity index is 0.00000121. The minimum atomic E-state index is -0.807. The van der Waals surface area contributed by atoms with Crippen molar-refractivity contribution in [1.82, 2.24) is 0 Å². The summed E-state index contributed by atoms with van der Waals surface area (Å²) < 4.78 is 4.12. The Morgan fingerprint density at radius 1 is 1.29 bits per heavy atom. The molecule has 0 fully saturated rings. The molecule has 0 heterocycles. The van der Waals surface area contributed by atoms with E-state index in [4.69, 9.17) is 11.6 Å². The molecule has 0 atom stereocenters. The third-order valence-corrected chi connectivity index (χ3v) is 2.10. The molecule has 0 bridgehead atoms. The summed E-state index contributed by atoms with van der Waals surface area (Å²) in [4.78, 5) is 20.9. The summed E-state index contributed by atoms with van der Waals surface area (Å²) in [5, 5.41) is 3.05. The summed E-state index contributed by atoms with van der Waals surface area (Å²) in [6.45, 7) is 7.68. The second-order valence-electron chi connectivity index (χ2n) is 3.04. The van der Waals surface area contributed by atoms with Gasteiger partial charge < -0.3 is 4.74 Å². The molecule has 1 amide bonds. The van der Waals surface area contributed by atoms with Gasteiger partial charge in [0.2, 0.25) is 0 Å². The maximum Gasteiger partial charge on any atom is 0.419 e. The molecule has 0 unspecified atom stereocenters. The smallest absolute Gasteiger partial charge is 0.378 e. The maximum absolute atomic E-state index is 11.0. The number of ether oxygens (including phenoxy) is 1. The highest BCUT2D eigenvalue weighted by atomic mass is 35.5. The first-order valence-electron chi connectivity index (χ1n) is 5.22. The number of rotatable bonds is 2. The molecule has 0 aliphatic heterocycles. The Kier molecular flexibility index (Phi) is 6.98. The number of carbonyl (C=O) groups is 2. The normalized spacial score (nSPS) is 8.76. The number of halogens is 1. The fourth-order valence-corrected chi connectivity index (χ4v) is 1.61. The average molecular weight is 258 g/mol. The molecule has 1 rings (SSSR count). The molecule has 94 valence electrons. The van der Waals surface area contributed by atoms with Crippen molar-refractivity contribution in [3.05, 3.63) is 28.3 Å². The van der Waals surface area contributed by atoms with Gasteiger partial charge in [-0.05, 0) is 37.1 Å². The predicted molar refractivity (Wildman–Crippen MR) is 68.4 cm³/mol. The monoisotopic (exact) mass is 257 g/mol. The fourth-order valence-electron chi connectivity index (χ4n) is 1.28. The minimum absolute atomic E-state index is 0.0793. The zero-order chi connectivity index (χ0) is 13.4. The molecule has 1 aromatic carbocycles. The molecule has 0 saturated carbocycles. The van der Waals surface area contributed by atoms with Crippen molar-refractivity contribution in [2.75, 3.05) is 5.32 Å². The first-order valence-corrected chi connectivity index (χ1v) is 5.60. The quantitative estimate of drug-likeness (QED) is 0.649. The molecule has 0 aliphatic rings. The summed E-state index contributed by atoms with van der Waals surface area (Å²) in [7, 11) is 0. The Bertz CT molecular complexity index is 382. The van der Waals surface area contributed by atoms with E-state index in [1.165, 1.54) is 0 Å². The van der Waals surface area contributed by atoms with Gasteiger partial charge in [-0.3, -0.25) is 10.1 Å². The van der Waals surface area contributed by atoms with Gasteiger partial charge in [-0.15, -0.1) is 0 Å². The average Bonchev–Trinajstić information content (AvgIpc) is 2.26. The molecule has 1 N–H and O–H groups in total. The SMILES string of the molecule is CC.Cc1cc(Cl)cc(C)c1NC(=O)OC=O. The zero-order valence-corrected chi connectivity index (χ0v) is 11.1. The van der Waals surface area contributed by atoms with Crippen LogP contribution in [0, 0.1) is 13.8 Å². The minimum Gasteiger partial charge on any atom is -0.378 e. The van der Waals surface area contributed by atoms with E-state index in [1.807, 2.05) is 13.8 Å². The largest absolute Gasteiger partial charge is 0.419 e. The zero-order valence-electron chi connectivity index (χ0n) is 10.3. The van der Waals surface area contributed by atoms with Gasteiger partial charge in [-0.2, -0.15) is 0 Å². The molecule has 0 aliphatic carbocycles. The van der Waals surface area contributed by atoms with E-state index in [2.05, 4.69) is 10.1 Å². The second-order valence-corrected chi connectivity index (χ2v) is 3.48. The van der Waals surface area contributed by atoms with Gasteiger partial charge in [-0.25, -0.2) is 4.79 Å². The number of amides is 1. The van der Waals surface area contributed by atoms with Crippen LogP contribution in [-0.2, 0) is 9.53 Å². The number of nitrogens with one attached hydrogen (secondary N) is 1. The van der Waals surface area contributed by atoms with Gasteiger partial charge in [0.1, 0.15) is 0 Å². The van der Waals surface area contributed by atoms with Crippen LogP contribution in [0.4, 0.5) is 10.5 Å². The van der Waals surface area contributed by atoms with Gasteiger partial charge in [0.15, 0.2) is 0 Å². The summed E-state index contributed by atoms with van der Waals surface area (Å²) in [5.74, 6) is 0. The number of hydrogen-bond donors (Lipinski definition) is 1. The van der Waals surface area contributed by atoms with Gasteiger partial charge in [0.05, 0.1) is 0 Å². The number of hydrogen-bond acceptors (Lipinski definition) is 3. The molecule has 0 radical (unpaired) electrons. The highest BCUT2D eigenvalue weighted by molar-refractivity contribution is 6.30. The van der Waals surface area contributed by atoms with E-state index in [-0.39, 0.29) is 6.47 Å². The fraction of sp³-hybridized carbons (Fsp3) is 0.333. The van der Waals surface area contributed by atoms with Gasteiger partial charge >= 0.3 is 12.6 Å². The third-order valence-electron chi connectivity index (χ3n) is 1.88. The molecule has 0 spiro atoms. The summed E-state index contributed by atoms with van der Waals surface area (Å²) in [6, 6.07) is 3.43. The number of aryl methyl sites for hydroxylation is 2. The molecular weight excluding hydrogens is 242 g/mol.